The molecule has 0 bridgehead atoms. The molecule has 0 saturated carbocycles. The van der Waals surface area contributed by atoms with Crippen LogP contribution in [0.4, 0.5) is 0 Å². The number of aliphatic imine (C=N–C) groups is 1. The molecule has 24 heteroatoms. The second-order valence-electron chi connectivity index (χ2n) is 19.9. The molecular weight excluding hydrogens is 937 g/mol. The Labute approximate surface area is 422 Å². The number of phenolic OH excluding ortho intramolecular Hbond substituents is 1. The predicted octanol–water partition coefficient (Wildman–Crippen LogP) is -1.65. The zero-order valence-electron chi connectivity index (χ0n) is 43.5. The summed E-state index contributed by atoms with van der Waals surface area (Å²) in [5.74, 6) is -9.59. The number of hydrogen-bond donors (Lipinski definition) is 14. The van der Waals surface area contributed by atoms with E-state index in [1.54, 1.807) is 55.4 Å². The van der Waals surface area contributed by atoms with E-state index in [0.29, 0.717) is 5.56 Å². The van der Waals surface area contributed by atoms with Gasteiger partial charge in [-0.1, -0.05) is 81.4 Å². The number of aliphatic hydroxyl groups is 1. The molecule has 0 fully saturated rings. The summed E-state index contributed by atoms with van der Waals surface area (Å²) in [5.41, 5.74) is 17.4. The number of benzene rings is 1. The zero-order chi connectivity index (χ0) is 55.2. The minimum atomic E-state index is -1.64. The van der Waals surface area contributed by atoms with Crippen LogP contribution in [0, 0.1) is 29.6 Å². The SMILES string of the molecule is CC(C)C[C@H](NC(=O)[C@H](C)NC(=O)[C@@H](N)C(C)C)C(=O)N[C@@H](CC(C)C)C(=O)N[C@@H](CO)C(=O)N[C@H](C(=O)N[C@@H](CCCN=C(N)N)C(=O)N[C@H](C(=O)N[C@@H](Cc1ccc(O)cc1)C(=O)O)C(C)C)C(C)C. The fraction of sp³-hybridized carbons (Fsp3) is 0.667. The van der Waals surface area contributed by atoms with E-state index in [1.165, 1.54) is 31.2 Å². The fourth-order valence-electron chi connectivity index (χ4n) is 7.06. The van der Waals surface area contributed by atoms with Gasteiger partial charge in [0.2, 0.25) is 47.3 Å². The molecule has 0 saturated heterocycles. The number of carboxylic acid groups (broad SMARTS) is 1. The van der Waals surface area contributed by atoms with Crippen LogP contribution in [0.15, 0.2) is 29.3 Å². The highest BCUT2D eigenvalue weighted by molar-refractivity contribution is 5.98. The van der Waals surface area contributed by atoms with Crippen molar-refractivity contribution in [1.82, 2.24) is 42.5 Å². The molecule has 0 aliphatic carbocycles. The van der Waals surface area contributed by atoms with Crippen molar-refractivity contribution in [1.29, 1.82) is 0 Å². The molecule has 72 heavy (non-hydrogen) atoms. The van der Waals surface area contributed by atoms with Gasteiger partial charge in [0.15, 0.2) is 5.96 Å². The summed E-state index contributed by atoms with van der Waals surface area (Å²) in [6.45, 7) is 17.7. The number of carbonyl (C=O) groups excluding carboxylic acids is 8. The highest BCUT2D eigenvalue weighted by Gasteiger charge is 2.36. The number of carboxylic acids is 1. The zero-order valence-corrected chi connectivity index (χ0v) is 43.5. The van der Waals surface area contributed by atoms with E-state index < -0.39 is 126 Å². The van der Waals surface area contributed by atoms with Crippen LogP contribution in [0.3, 0.4) is 0 Å². The second-order valence-corrected chi connectivity index (χ2v) is 19.9. The highest BCUT2D eigenvalue weighted by Crippen LogP contribution is 2.14. The Morgan fingerprint density at radius 3 is 1.36 bits per heavy atom. The van der Waals surface area contributed by atoms with Gasteiger partial charge in [-0.05, 0) is 79.9 Å². The lowest BCUT2D eigenvalue weighted by Crippen LogP contribution is -2.62. The standard InChI is InChI=1S/C48H82N12O12/c1-23(2)19-32(55-39(63)28(11)53-44(68)36(49)25(5)6)41(65)56-33(20-24(3)4)42(66)58-35(22-61)43(67)60-37(26(7)8)45(69)54-31(13-12-18-52-48(50)51)40(64)59-38(27(9)10)46(70)57-34(47(71)72)21-29-14-16-30(62)17-15-29/h14-17,23-28,31-38,61-62H,12-13,18-22,49H2,1-11H3,(H,53,68)(H,54,69)(H,55,63)(H,56,65)(H,57,70)(H,58,66)(H,59,64)(H,60,67)(H,71,72)(H4,50,51,52)/t28-,31-,32-,33-,34-,35-,36-,37-,38-/m0/s1. The first-order valence-electron chi connectivity index (χ1n) is 24.3. The van der Waals surface area contributed by atoms with Gasteiger partial charge in [-0.3, -0.25) is 43.3 Å². The number of aliphatic carboxylic acids is 1. The Bertz CT molecular complexity index is 2010. The van der Waals surface area contributed by atoms with Crippen LogP contribution >= 0.6 is 0 Å². The van der Waals surface area contributed by atoms with Crippen molar-refractivity contribution in [2.75, 3.05) is 13.2 Å². The van der Waals surface area contributed by atoms with Gasteiger partial charge in [0, 0.05) is 13.0 Å². The largest absolute Gasteiger partial charge is 0.508 e. The molecule has 17 N–H and O–H groups in total. The van der Waals surface area contributed by atoms with Gasteiger partial charge in [0.25, 0.3) is 0 Å². The Balaban J connectivity index is 3.32. The summed E-state index contributed by atoms with van der Waals surface area (Å²) < 4.78 is 0. The molecule has 0 heterocycles. The van der Waals surface area contributed by atoms with Gasteiger partial charge in [-0.2, -0.15) is 0 Å². The number of nitrogens with zero attached hydrogens (tertiary/aromatic N) is 1. The number of guanidine groups is 1. The van der Waals surface area contributed by atoms with Gasteiger partial charge in [-0.25, -0.2) is 4.79 Å². The maximum atomic E-state index is 14.0. The van der Waals surface area contributed by atoms with Crippen molar-refractivity contribution in [2.24, 2.45) is 51.8 Å². The lowest BCUT2D eigenvalue weighted by molar-refractivity contribution is -0.142. The summed E-state index contributed by atoms with van der Waals surface area (Å²) in [5, 5.41) is 50.4. The van der Waals surface area contributed by atoms with Crippen molar-refractivity contribution >= 4 is 59.2 Å². The molecule has 0 aliphatic rings. The molecule has 9 atom stereocenters. The third-order valence-electron chi connectivity index (χ3n) is 11.3. The fourth-order valence-corrected chi connectivity index (χ4v) is 7.06. The van der Waals surface area contributed by atoms with E-state index >= 15 is 0 Å². The Morgan fingerprint density at radius 2 is 0.944 bits per heavy atom. The van der Waals surface area contributed by atoms with Crippen LogP contribution in [0.25, 0.3) is 0 Å². The monoisotopic (exact) mass is 1020 g/mol. The molecule has 8 amide bonds. The van der Waals surface area contributed by atoms with Crippen molar-refractivity contribution in [3.8, 4) is 5.75 Å². The first-order valence-corrected chi connectivity index (χ1v) is 24.3. The number of nitrogens with one attached hydrogen (secondary N) is 8. The van der Waals surface area contributed by atoms with Gasteiger partial charge < -0.3 is 75.1 Å². The molecule has 24 nitrogen and oxygen atoms in total. The minimum absolute atomic E-state index is 0.0331. The average Bonchev–Trinajstić information content (AvgIpc) is 3.28. The smallest absolute Gasteiger partial charge is 0.326 e. The van der Waals surface area contributed by atoms with Crippen LogP contribution in [0.2, 0.25) is 0 Å². The lowest BCUT2D eigenvalue weighted by atomic mass is 9.99. The van der Waals surface area contributed by atoms with Gasteiger partial charge in [0.05, 0.1) is 12.6 Å². The van der Waals surface area contributed by atoms with Crippen LogP contribution < -0.4 is 59.7 Å². The van der Waals surface area contributed by atoms with E-state index in [2.05, 4.69) is 47.5 Å². The van der Waals surface area contributed by atoms with E-state index in [-0.39, 0.29) is 68.1 Å². The molecule has 0 spiro atoms. The molecule has 0 unspecified atom stereocenters. The lowest BCUT2D eigenvalue weighted by Gasteiger charge is -2.29. The third kappa shape index (κ3) is 22.7. The summed E-state index contributed by atoms with van der Waals surface area (Å²) >= 11 is 0. The number of phenols is 1. The van der Waals surface area contributed by atoms with Crippen LogP contribution in [-0.2, 0) is 49.6 Å². The minimum Gasteiger partial charge on any atom is -0.508 e. The molecule has 1 aromatic rings. The molecule has 406 valence electrons. The molecule has 1 aromatic carbocycles. The number of aromatic hydroxyl groups is 1. The summed E-state index contributed by atoms with van der Waals surface area (Å²) in [4.78, 5) is 125. The summed E-state index contributed by atoms with van der Waals surface area (Å²) in [6, 6.07) is -5.63. The number of aliphatic hydroxyl groups excluding tert-OH is 1. The highest BCUT2D eigenvalue weighted by atomic mass is 16.4. The molecular formula is C48H82N12O12. The van der Waals surface area contributed by atoms with E-state index in [1.807, 2.05) is 13.8 Å². The van der Waals surface area contributed by atoms with Crippen molar-refractivity contribution in [2.45, 2.75) is 163 Å². The van der Waals surface area contributed by atoms with E-state index in [9.17, 15) is 58.5 Å². The maximum absolute atomic E-state index is 14.0. The van der Waals surface area contributed by atoms with Crippen LogP contribution in [-0.4, -0.2) is 142 Å². The van der Waals surface area contributed by atoms with Crippen molar-refractivity contribution < 1.29 is 58.5 Å². The molecule has 0 aliphatic heterocycles. The number of rotatable bonds is 31. The van der Waals surface area contributed by atoms with Crippen molar-refractivity contribution in [3.63, 3.8) is 0 Å². The second kappa shape index (κ2) is 31.0. The quantitative estimate of drug-likeness (QED) is 0.0225. The predicted molar refractivity (Wildman–Crippen MR) is 269 cm³/mol. The number of nitrogens with two attached hydrogens (primary N) is 3. The Morgan fingerprint density at radius 1 is 0.528 bits per heavy atom. The number of hydrogen-bond acceptors (Lipinski definition) is 13. The molecule has 1 rings (SSSR count). The summed E-state index contributed by atoms with van der Waals surface area (Å²) in [6.07, 6.45) is 0.176. The topological polar surface area (TPSA) is 401 Å². The number of amides is 8. The van der Waals surface area contributed by atoms with Gasteiger partial charge >= 0.3 is 5.97 Å². The van der Waals surface area contributed by atoms with Gasteiger partial charge in [-0.15, -0.1) is 0 Å². The molecule has 0 radical (unpaired) electrons. The summed E-state index contributed by atoms with van der Waals surface area (Å²) in [7, 11) is 0. The molecule has 0 aromatic heterocycles. The first-order chi connectivity index (χ1) is 33.5. The van der Waals surface area contributed by atoms with E-state index in [4.69, 9.17) is 17.2 Å². The average molecular weight is 1020 g/mol. The van der Waals surface area contributed by atoms with Gasteiger partial charge in [0.1, 0.15) is 54.1 Å². The first kappa shape index (κ1) is 63.5. The Kier molecular flexibility index (Phi) is 27.3. The van der Waals surface area contributed by atoms with Crippen LogP contribution in [0.1, 0.15) is 107 Å². The van der Waals surface area contributed by atoms with Crippen molar-refractivity contribution in [3.05, 3.63) is 29.8 Å². The maximum Gasteiger partial charge on any atom is 0.326 e. The number of carbonyl (C=O) groups is 9. The normalized spacial score (nSPS) is 15.1. The third-order valence-corrected chi connectivity index (χ3v) is 11.3. The van der Waals surface area contributed by atoms with Crippen LogP contribution in [0.5, 0.6) is 5.75 Å². The van der Waals surface area contributed by atoms with E-state index in [0.717, 1.165) is 0 Å². The Hall–Kier alpha value is -6.56.